The molecule has 7 heteroatoms. The fourth-order valence-electron chi connectivity index (χ4n) is 0.999. The van der Waals surface area contributed by atoms with E-state index < -0.39 is 17.9 Å². The van der Waals surface area contributed by atoms with Crippen molar-refractivity contribution in [2.75, 3.05) is 13.1 Å². The highest BCUT2D eigenvalue weighted by molar-refractivity contribution is 5.76. The summed E-state index contributed by atoms with van der Waals surface area (Å²) >= 11 is 0. The summed E-state index contributed by atoms with van der Waals surface area (Å²) < 4.78 is 0. The molecule has 0 rings (SSSR count). The zero-order valence-electron chi connectivity index (χ0n) is 9.16. The van der Waals surface area contributed by atoms with Crippen molar-refractivity contribution in [1.82, 2.24) is 10.6 Å². The van der Waals surface area contributed by atoms with Crippen LogP contribution in [0.3, 0.4) is 0 Å². The summed E-state index contributed by atoms with van der Waals surface area (Å²) in [7, 11) is 0. The predicted molar refractivity (Wildman–Crippen MR) is 56.6 cm³/mol. The molecule has 1 unspecified atom stereocenters. The highest BCUT2D eigenvalue weighted by Gasteiger charge is 2.08. The Bertz CT molecular complexity index is 267. The van der Waals surface area contributed by atoms with Gasteiger partial charge < -0.3 is 21.5 Å². The molecule has 0 aliphatic carbocycles. The summed E-state index contributed by atoms with van der Waals surface area (Å²) in [5.74, 6) is -1.53. The molecule has 0 heterocycles. The van der Waals surface area contributed by atoms with Crippen molar-refractivity contribution in [2.45, 2.75) is 19.8 Å². The van der Waals surface area contributed by atoms with Gasteiger partial charge in [-0.1, -0.05) is 6.92 Å². The van der Waals surface area contributed by atoms with Gasteiger partial charge in [0.2, 0.25) is 5.91 Å². The molecule has 0 bridgehead atoms. The standard InChI is InChI=1S/C9H17N3O4/c1-6(4-8(14)15)5-12-9(16)11-3-2-7(10)13/h6H,2-5H2,1H3,(H2,10,13)(H,14,15)(H2,11,12,16). The van der Waals surface area contributed by atoms with Crippen LogP contribution in [-0.2, 0) is 9.59 Å². The maximum atomic E-state index is 11.1. The Labute approximate surface area is 93.4 Å². The molecule has 7 nitrogen and oxygen atoms in total. The van der Waals surface area contributed by atoms with E-state index in [2.05, 4.69) is 10.6 Å². The Kier molecular flexibility index (Phi) is 6.66. The molecule has 0 fully saturated rings. The van der Waals surface area contributed by atoms with Crippen LogP contribution in [0.1, 0.15) is 19.8 Å². The number of carbonyl (C=O) groups is 3. The SMILES string of the molecule is CC(CNC(=O)NCCC(N)=O)CC(=O)O. The first-order valence-corrected chi connectivity index (χ1v) is 4.93. The summed E-state index contributed by atoms with van der Waals surface area (Å²) in [5, 5.41) is 13.4. The normalized spacial score (nSPS) is 11.6. The topological polar surface area (TPSA) is 122 Å². The molecule has 0 aromatic rings. The molecule has 0 spiro atoms. The summed E-state index contributed by atoms with van der Waals surface area (Å²) in [6.07, 6.45) is 0.0830. The molecular formula is C9H17N3O4. The van der Waals surface area contributed by atoms with Crippen molar-refractivity contribution < 1.29 is 19.5 Å². The van der Waals surface area contributed by atoms with E-state index in [0.717, 1.165) is 0 Å². The zero-order chi connectivity index (χ0) is 12.6. The Hall–Kier alpha value is -1.79. The maximum absolute atomic E-state index is 11.1. The lowest BCUT2D eigenvalue weighted by molar-refractivity contribution is -0.137. The second-order valence-electron chi connectivity index (χ2n) is 3.56. The number of primary amides is 1. The first-order chi connectivity index (χ1) is 7.41. The predicted octanol–water partition coefficient (Wildman–Crippen LogP) is -0.728. The number of urea groups is 1. The van der Waals surface area contributed by atoms with Crippen molar-refractivity contribution in [3.8, 4) is 0 Å². The lowest BCUT2D eigenvalue weighted by Gasteiger charge is -2.10. The summed E-state index contributed by atoms with van der Waals surface area (Å²) in [6, 6.07) is -0.432. The van der Waals surface area contributed by atoms with Crippen molar-refractivity contribution in [1.29, 1.82) is 0 Å². The van der Waals surface area contributed by atoms with Gasteiger partial charge in [0.25, 0.3) is 0 Å². The lowest BCUT2D eigenvalue weighted by Crippen LogP contribution is -2.39. The molecule has 0 aliphatic heterocycles. The minimum Gasteiger partial charge on any atom is -0.481 e. The molecule has 5 N–H and O–H groups in total. The molecular weight excluding hydrogens is 214 g/mol. The van der Waals surface area contributed by atoms with Gasteiger partial charge in [-0.15, -0.1) is 0 Å². The average molecular weight is 231 g/mol. The van der Waals surface area contributed by atoms with E-state index in [1.807, 2.05) is 0 Å². The van der Waals surface area contributed by atoms with Gasteiger partial charge in [-0.25, -0.2) is 4.79 Å². The van der Waals surface area contributed by atoms with Gasteiger partial charge in [-0.3, -0.25) is 9.59 Å². The second-order valence-corrected chi connectivity index (χ2v) is 3.56. The zero-order valence-corrected chi connectivity index (χ0v) is 9.16. The number of hydrogen-bond acceptors (Lipinski definition) is 3. The number of carbonyl (C=O) groups excluding carboxylic acids is 2. The van der Waals surface area contributed by atoms with E-state index in [1.54, 1.807) is 6.92 Å². The van der Waals surface area contributed by atoms with Gasteiger partial charge in [-0.2, -0.15) is 0 Å². The van der Waals surface area contributed by atoms with Crippen molar-refractivity contribution in [3.05, 3.63) is 0 Å². The summed E-state index contributed by atoms with van der Waals surface area (Å²) in [4.78, 5) is 31.8. The minimum absolute atomic E-state index is 0.00155. The summed E-state index contributed by atoms with van der Waals surface area (Å²) in [6.45, 7) is 2.17. The Morgan fingerprint density at radius 3 is 2.44 bits per heavy atom. The molecule has 0 aliphatic rings. The van der Waals surface area contributed by atoms with Gasteiger partial charge in [0.1, 0.15) is 0 Å². The van der Waals surface area contributed by atoms with E-state index in [1.165, 1.54) is 0 Å². The van der Waals surface area contributed by atoms with Crippen LogP contribution in [0.5, 0.6) is 0 Å². The van der Waals surface area contributed by atoms with Gasteiger partial charge in [0, 0.05) is 25.9 Å². The largest absolute Gasteiger partial charge is 0.481 e. The molecule has 0 aromatic carbocycles. The van der Waals surface area contributed by atoms with Crippen LogP contribution in [0.2, 0.25) is 0 Å². The third-order valence-electron chi connectivity index (χ3n) is 1.79. The third kappa shape index (κ3) is 8.79. The maximum Gasteiger partial charge on any atom is 0.314 e. The molecule has 3 amide bonds. The monoisotopic (exact) mass is 231 g/mol. The van der Waals surface area contributed by atoms with E-state index >= 15 is 0 Å². The van der Waals surface area contributed by atoms with Crippen LogP contribution in [0, 0.1) is 5.92 Å². The summed E-state index contributed by atoms with van der Waals surface area (Å²) in [5.41, 5.74) is 4.88. The number of carboxylic acid groups (broad SMARTS) is 1. The van der Waals surface area contributed by atoms with E-state index in [-0.39, 0.29) is 31.8 Å². The van der Waals surface area contributed by atoms with Crippen LogP contribution < -0.4 is 16.4 Å². The fourth-order valence-corrected chi connectivity index (χ4v) is 0.999. The van der Waals surface area contributed by atoms with E-state index in [9.17, 15) is 14.4 Å². The van der Waals surface area contributed by atoms with Crippen LogP contribution >= 0.6 is 0 Å². The third-order valence-corrected chi connectivity index (χ3v) is 1.79. The van der Waals surface area contributed by atoms with Crippen molar-refractivity contribution in [3.63, 3.8) is 0 Å². The van der Waals surface area contributed by atoms with Gasteiger partial charge in [0.05, 0.1) is 0 Å². The second kappa shape index (κ2) is 7.49. The van der Waals surface area contributed by atoms with Crippen molar-refractivity contribution >= 4 is 17.9 Å². The van der Waals surface area contributed by atoms with Gasteiger partial charge >= 0.3 is 12.0 Å². The molecule has 92 valence electrons. The first kappa shape index (κ1) is 14.2. The van der Waals surface area contributed by atoms with E-state index in [0.29, 0.717) is 0 Å². The molecule has 0 saturated heterocycles. The van der Waals surface area contributed by atoms with Crippen LogP contribution in [-0.4, -0.2) is 36.1 Å². The van der Waals surface area contributed by atoms with Gasteiger partial charge in [-0.05, 0) is 5.92 Å². The number of hydrogen-bond donors (Lipinski definition) is 4. The molecule has 16 heavy (non-hydrogen) atoms. The number of rotatable bonds is 7. The molecule has 1 atom stereocenters. The quantitative estimate of drug-likeness (QED) is 0.461. The lowest BCUT2D eigenvalue weighted by atomic mass is 10.1. The number of amides is 3. The average Bonchev–Trinajstić information content (AvgIpc) is 2.13. The highest BCUT2D eigenvalue weighted by atomic mass is 16.4. The smallest absolute Gasteiger partial charge is 0.314 e. The van der Waals surface area contributed by atoms with Crippen LogP contribution in [0.25, 0.3) is 0 Å². The molecule has 0 saturated carbocycles. The highest BCUT2D eigenvalue weighted by Crippen LogP contribution is 1.98. The number of nitrogens with two attached hydrogens (primary N) is 1. The number of aliphatic carboxylic acids is 1. The van der Waals surface area contributed by atoms with Gasteiger partial charge in [0.15, 0.2) is 0 Å². The fraction of sp³-hybridized carbons (Fsp3) is 0.667. The Morgan fingerprint density at radius 2 is 1.94 bits per heavy atom. The van der Waals surface area contributed by atoms with Crippen molar-refractivity contribution in [2.24, 2.45) is 11.7 Å². The van der Waals surface area contributed by atoms with Crippen LogP contribution in [0.15, 0.2) is 0 Å². The van der Waals surface area contributed by atoms with Crippen LogP contribution in [0.4, 0.5) is 4.79 Å². The van der Waals surface area contributed by atoms with E-state index in [4.69, 9.17) is 10.8 Å². The molecule has 0 aromatic heterocycles. The molecule has 0 radical (unpaired) electrons. The number of nitrogens with one attached hydrogen (secondary N) is 2. The minimum atomic E-state index is -0.900. The first-order valence-electron chi connectivity index (χ1n) is 4.93. The number of carboxylic acids is 1. The Balaban J connectivity index is 3.57. The Morgan fingerprint density at radius 1 is 1.31 bits per heavy atom.